The van der Waals surface area contributed by atoms with E-state index in [0.29, 0.717) is 38.7 Å². The van der Waals surface area contributed by atoms with Gasteiger partial charge in [0.15, 0.2) is 18.1 Å². The highest BCUT2D eigenvalue weighted by atomic mass is 79.9. The normalized spacial score (nSPS) is 14.4. The lowest BCUT2D eigenvalue weighted by Crippen LogP contribution is -2.45. The summed E-state index contributed by atoms with van der Waals surface area (Å²) in [5.74, 6) is -0.0419. The SMILES string of the molecule is CCOC(=O)C1=C(C)NC(=O)N[C@@H]1c1ccc(OCC(=O)N/N=C/c2cc(Cl)cc(Br)c2OCc2ccc(Br)cc2)c(OC)c1. The Morgan fingerprint density at radius 3 is 2.53 bits per heavy atom. The maximum Gasteiger partial charge on any atom is 0.338 e. The number of allylic oxidation sites excluding steroid dienone is 1. The first-order valence-electron chi connectivity index (χ1n) is 13.5. The molecule has 236 valence electrons. The zero-order valence-corrected chi connectivity index (χ0v) is 28.3. The average Bonchev–Trinajstić information content (AvgIpc) is 3.00. The molecule has 11 nitrogen and oxygen atoms in total. The molecule has 0 bridgehead atoms. The number of hydrazone groups is 1. The minimum atomic E-state index is -0.784. The number of urea groups is 1. The minimum absolute atomic E-state index is 0.177. The number of rotatable bonds is 12. The van der Waals surface area contributed by atoms with E-state index in [0.717, 1.165) is 10.0 Å². The summed E-state index contributed by atoms with van der Waals surface area (Å²) in [6.07, 6.45) is 1.42. The van der Waals surface area contributed by atoms with Crippen LogP contribution in [-0.4, -0.2) is 44.4 Å². The molecule has 3 N–H and O–H groups in total. The van der Waals surface area contributed by atoms with Gasteiger partial charge in [-0.05, 0) is 77.3 Å². The number of halogens is 3. The second-order valence-electron chi connectivity index (χ2n) is 9.50. The third kappa shape index (κ3) is 8.99. The van der Waals surface area contributed by atoms with Crippen LogP contribution >= 0.6 is 43.5 Å². The van der Waals surface area contributed by atoms with Gasteiger partial charge in [0.1, 0.15) is 12.4 Å². The van der Waals surface area contributed by atoms with Gasteiger partial charge in [-0.15, -0.1) is 0 Å². The Kier molecular flexibility index (Phi) is 11.9. The molecule has 1 atom stereocenters. The molecule has 0 spiro atoms. The van der Waals surface area contributed by atoms with E-state index in [1.165, 1.54) is 13.3 Å². The summed E-state index contributed by atoms with van der Waals surface area (Å²) >= 11 is 13.1. The number of ether oxygens (including phenoxy) is 4. The van der Waals surface area contributed by atoms with E-state index >= 15 is 0 Å². The fourth-order valence-electron chi connectivity index (χ4n) is 4.32. The smallest absolute Gasteiger partial charge is 0.338 e. The second-order valence-corrected chi connectivity index (χ2v) is 11.7. The predicted octanol–water partition coefficient (Wildman–Crippen LogP) is 6.17. The highest BCUT2D eigenvalue weighted by Crippen LogP contribution is 2.35. The number of carbonyl (C=O) groups is 3. The van der Waals surface area contributed by atoms with E-state index in [1.54, 1.807) is 44.2 Å². The molecule has 1 heterocycles. The molecule has 3 amide bonds. The van der Waals surface area contributed by atoms with Crippen LogP contribution in [0.15, 0.2) is 79.9 Å². The van der Waals surface area contributed by atoms with E-state index < -0.39 is 23.9 Å². The van der Waals surface area contributed by atoms with E-state index in [1.807, 2.05) is 24.3 Å². The first kappa shape index (κ1) is 33.8. The maximum absolute atomic E-state index is 12.6. The van der Waals surface area contributed by atoms with Gasteiger partial charge >= 0.3 is 12.0 Å². The zero-order valence-electron chi connectivity index (χ0n) is 24.4. The van der Waals surface area contributed by atoms with E-state index in [-0.39, 0.29) is 30.3 Å². The number of nitrogens with one attached hydrogen (secondary N) is 3. The van der Waals surface area contributed by atoms with Crippen molar-refractivity contribution in [2.75, 3.05) is 20.3 Å². The summed E-state index contributed by atoms with van der Waals surface area (Å²) in [6.45, 7) is 3.42. The molecule has 1 aliphatic heterocycles. The van der Waals surface area contributed by atoms with Crippen LogP contribution in [0.1, 0.15) is 36.6 Å². The van der Waals surface area contributed by atoms with Gasteiger partial charge in [-0.1, -0.05) is 45.7 Å². The lowest BCUT2D eigenvalue weighted by molar-refractivity contribution is -0.139. The molecule has 0 unspecified atom stereocenters. The quantitative estimate of drug-likeness (QED) is 0.114. The van der Waals surface area contributed by atoms with Crippen molar-refractivity contribution < 1.29 is 33.3 Å². The van der Waals surface area contributed by atoms with Crippen molar-refractivity contribution in [3.63, 3.8) is 0 Å². The first-order chi connectivity index (χ1) is 21.6. The summed E-state index contributed by atoms with van der Waals surface area (Å²) < 4.78 is 23.9. The summed E-state index contributed by atoms with van der Waals surface area (Å²) in [5, 5.41) is 9.81. The van der Waals surface area contributed by atoms with E-state index in [2.05, 4.69) is 53.0 Å². The third-order valence-corrected chi connectivity index (χ3v) is 7.71. The van der Waals surface area contributed by atoms with Gasteiger partial charge in [-0.2, -0.15) is 5.10 Å². The lowest BCUT2D eigenvalue weighted by Gasteiger charge is -2.28. The summed E-state index contributed by atoms with van der Waals surface area (Å²) in [4.78, 5) is 37.4. The largest absolute Gasteiger partial charge is 0.493 e. The van der Waals surface area contributed by atoms with Crippen LogP contribution < -0.4 is 30.3 Å². The molecule has 3 aromatic carbocycles. The van der Waals surface area contributed by atoms with Crippen LogP contribution in [-0.2, 0) is 20.9 Å². The van der Waals surface area contributed by atoms with Gasteiger partial charge in [0.2, 0.25) is 0 Å². The summed E-state index contributed by atoms with van der Waals surface area (Å²) in [7, 11) is 1.43. The molecule has 1 aliphatic rings. The maximum atomic E-state index is 12.6. The Labute approximate surface area is 281 Å². The number of hydrogen-bond donors (Lipinski definition) is 3. The summed E-state index contributed by atoms with van der Waals surface area (Å²) in [6, 6.07) is 14.7. The molecule has 45 heavy (non-hydrogen) atoms. The van der Waals surface area contributed by atoms with Gasteiger partial charge in [0, 0.05) is 20.8 Å². The van der Waals surface area contributed by atoms with Gasteiger partial charge in [-0.25, -0.2) is 15.0 Å². The fourth-order valence-corrected chi connectivity index (χ4v) is 5.53. The van der Waals surface area contributed by atoms with Gasteiger partial charge in [0.05, 0.1) is 36.0 Å². The number of benzene rings is 3. The van der Waals surface area contributed by atoms with E-state index in [4.69, 9.17) is 30.5 Å². The Morgan fingerprint density at radius 2 is 1.82 bits per heavy atom. The second kappa shape index (κ2) is 15.8. The molecule has 14 heteroatoms. The van der Waals surface area contributed by atoms with Gasteiger partial charge in [-0.3, -0.25) is 4.79 Å². The highest BCUT2D eigenvalue weighted by Gasteiger charge is 2.32. The van der Waals surface area contributed by atoms with Crippen LogP contribution in [0.25, 0.3) is 0 Å². The molecule has 0 aliphatic carbocycles. The molecule has 4 rings (SSSR count). The Hall–Kier alpha value is -4.07. The van der Waals surface area contributed by atoms with Crippen LogP contribution in [0, 0.1) is 0 Å². The number of amides is 3. The monoisotopic (exact) mass is 762 g/mol. The number of methoxy groups -OCH3 is 1. The van der Waals surface area contributed by atoms with Crippen molar-refractivity contribution in [2.45, 2.75) is 26.5 Å². The highest BCUT2D eigenvalue weighted by molar-refractivity contribution is 9.10. The van der Waals surface area contributed by atoms with Crippen LogP contribution in [0.5, 0.6) is 17.2 Å². The molecule has 0 saturated heterocycles. The minimum Gasteiger partial charge on any atom is -0.493 e. The fraction of sp³-hybridized carbons (Fsp3) is 0.226. The lowest BCUT2D eigenvalue weighted by atomic mass is 9.95. The van der Waals surface area contributed by atoms with Crippen molar-refractivity contribution in [3.8, 4) is 17.2 Å². The topological polar surface area (TPSA) is 137 Å². The van der Waals surface area contributed by atoms with Crippen molar-refractivity contribution in [1.82, 2.24) is 16.1 Å². The Morgan fingerprint density at radius 1 is 1.07 bits per heavy atom. The number of carbonyl (C=O) groups excluding carboxylic acids is 3. The molecule has 0 fully saturated rings. The van der Waals surface area contributed by atoms with Crippen molar-refractivity contribution in [1.29, 1.82) is 0 Å². The standard InChI is InChI=1S/C31H29Br2ClN4O7/c1-4-43-30(40)27-17(2)36-31(41)37-28(27)19-7-10-24(25(12-19)42-3)44-16-26(39)38-35-14-20-11-22(34)13-23(33)29(20)45-15-18-5-8-21(32)9-6-18/h5-14,28H,4,15-16H2,1-3H3,(H,38,39)(H2,36,37,41)/b35-14+/t28-/m1/s1. The van der Waals surface area contributed by atoms with Crippen LogP contribution in [0.3, 0.4) is 0 Å². The molecular formula is C31H29Br2ClN4O7. The average molecular weight is 765 g/mol. The van der Waals surface area contributed by atoms with Crippen molar-refractivity contribution in [3.05, 3.63) is 96.5 Å². The number of hydrogen-bond acceptors (Lipinski definition) is 8. The van der Waals surface area contributed by atoms with E-state index in [9.17, 15) is 14.4 Å². The number of nitrogens with zero attached hydrogens (tertiary/aromatic N) is 1. The molecule has 0 radical (unpaired) electrons. The van der Waals surface area contributed by atoms with Crippen molar-refractivity contribution in [2.24, 2.45) is 5.10 Å². The van der Waals surface area contributed by atoms with Crippen molar-refractivity contribution >= 4 is 67.6 Å². The van der Waals surface area contributed by atoms with Gasteiger partial charge in [0.25, 0.3) is 5.91 Å². The predicted molar refractivity (Wildman–Crippen MR) is 176 cm³/mol. The zero-order chi connectivity index (χ0) is 32.5. The van der Waals surface area contributed by atoms with Crippen LogP contribution in [0.4, 0.5) is 4.79 Å². The Balaban J connectivity index is 1.41. The Bertz CT molecular complexity index is 1650. The van der Waals surface area contributed by atoms with Gasteiger partial charge < -0.3 is 29.6 Å². The van der Waals surface area contributed by atoms with Crippen LogP contribution in [0.2, 0.25) is 5.02 Å². The first-order valence-corrected chi connectivity index (χ1v) is 15.5. The molecule has 0 aromatic heterocycles. The third-order valence-electron chi connectivity index (χ3n) is 6.37. The molecule has 0 saturated carbocycles. The molecular weight excluding hydrogens is 736 g/mol. The number of esters is 1. The molecule has 3 aromatic rings. The summed E-state index contributed by atoms with van der Waals surface area (Å²) in [5.41, 5.74) is 5.12.